The van der Waals surface area contributed by atoms with Crippen molar-refractivity contribution in [1.29, 1.82) is 0 Å². The van der Waals surface area contributed by atoms with E-state index in [1.165, 1.54) is 11.3 Å². The van der Waals surface area contributed by atoms with Crippen molar-refractivity contribution in [2.45, 2.75) is 52.6 Å². The SMILES string of the molecule is CC/C=C(/C)C(=O)N1CSC[C@@H]1C(=O)NCc1nnc(C(C)C)s1. The van der Waals surface area contributed by atoms with Crippen molar-refractivity contribution in [2.24, 2.45) is 0 Å². The van der Waals surface area contributed by atoms with E-state index in [0.717, 1.165) is 16.4 Å². The van der Waals surface area contributed by atoms with E-state index in [4.69, 9.17) is 0 Å². The van der Waals surface area contributed by atoms with Crippen molar-refractivity contribution in [1.82, 2.24) is 20.4 Å². The van der Waals surface area contributed by atoms with Crippen LogP contribution >= 0.6 is 23.1 Å². The summed E-state index contributed by atoms with van der Waals surface area (Å²) >= 11 is 3.12. The van der Waals surface area contributed by atoms with Gasteiger partial charge in [0.15, 0.2) is 0 Å². The van der Waals surface area contributed by atoms with Crippen molar-refractivity contribution in [3.8, 4) is 0 Å². The summed E-state index contributed by atoms with van der Waals surface area (Å²) in [5.41, 5.74) is 0.698. The summed E-state index contributed by atoms with van der Waals surface area (Å²) in [6, 6.07) is -0.416. The van der Waals surface area contributed by atoms with Crippen LogP contribution in [0, 0.1) is 0 Å². The number of thioether (sulfide) groups is 1. The molecule has 1 N–H and O–H groups in total. The second-order valence-electron chi connectivity index (χ2n) is 5.99. The van der Waals surface area contributed by atoms with Crippen LogP contribution in [0.3, 0.4) is 0 Å². The number of nitrogens with one attached hydrogen (secondary N) is 1. The zero-order chi connectivity index (χ0) is 17.7. The first kappa shape index (κ1) is 18.9. The second-order valence-corrected chi connectivity index (χ2v) is 8.09. The number of carbonyl (C=O) groups is 2. The van der Waals surface area contributed by atoms with Crippen molar-refractivity contribution in [3.05, 3.63) is 21.7 Å². The van der Waals surface area contributed by atoms with Gasteiger partial charge in [-0.1, -0.05) is 38.2 Å². The van der Waals surface area contributed by atoms with Crippen LogP contribution in [0.1, 0.15) is 50.0 Å². The Hall–Kier alpha value is -1.41. The van der Waals surface area contributed by atoms with Gasteiger partial charge in [-0.05, 0) is 13.3 Å². The minimum atomic E-state index is -0.416. The zero-order valence-electron chi connectivity index (χ0n) is 14.5. The molecule has 0 unspecified atom stereocenters. The molecule has 1 fully saturated rings. The van der Waals surface area contributed by atoms with E-state index in [2.05, 4.69) is 29.4 Å². The summed E-state index contributed by atoms with van der Waals surface area (Å²) in [5, 5.41) is 12.9. The van der Waals surface area contributed by atoms with Crippen molar-refractivity contribution in [3.63, 3.8) is 0 Å². The molecule has 1 saturated heterocycles. The van der Waals surface area contributed by atoms with Crippen LogP contribution in [0.25, 0.3) is 0 Å². The maximum atomic E-state index is 12.5. The first-order chi connectivity index (χ1) is 11.4. The predicted octanol–water partition coefficient (Wildman–Crippen LogP) is 2.54. The van der Waals surface area contributed by atoms with Gasteiger partial charge in [0.05, 0.1) is 12.4 Å². The van der Waals surface area contributed by atoms with Crippen LogP contribution in [0.4, 0.5) is 0 Å². The Kier molecular flexibility index (Phi) is 6.79. The fourth-order valence-corrected chi connectivity index (χ4v) is 4.27. The first-order valence-electron chi connectivity index (χ1n) is 8.09. The molecule has 2 heterocycles. The van der Waals surface area contributed by atoms with Gasteiger partial charge < -0.3 is 10.2 Å². The molecule has 1 aromatic heterocycles. The Morgan fingerprint density at radius 1 is 1.42 bits per heavy atom. The van der Waals surface area contributed by atoms with Crippen molar-refractivity contribution < 1.29 is 9.59 Å². The third-order valence-electron chi connectivity index (χ3n) is 3.68. The molecule has 1 aliphatic rings. The number of allylic oxidation sites excluding steroid dienone is 1. The number of nitrogens with zero attached hydrogens (tertiary/aromatic N) is 3. The van der Waals surface area contributed by atoms with Crippen LogP contribution in [0.2, 0.25) is 0 Å². The summed E-state index contributed by atoms with van der Waals surface area (Å²) in [4.78, 5) is 26.6. The highest BCUT2D eigenvalue weighted by molar-refractivity contribution is 7.99. The monoisotopic (exact) mass is 368 g/mol. The summed E-state index contributed by atoms with van der Waals surface area (Å²) in [6.45, 7) is 8.28. The second kappa shape index (κ2) is 8.62. The maximum absolute atomic E-state index is 12.5. The molecule has 1 aromatic rings. The molecule has 1 atom stereocenters. The van der Waals surface area contributed by atoms with Crippen molar-refractivity contribution >= 4 is 34.9 Å². The molecule has 8 heteroatoms. The van der Waals surface area contributed by atoms with Crippen LogP contribution in [0.5, 0.6) is 0 Å². The standard InChI is InChI=1S/C16H24N4O2S2/c1-5-6-11(4)16(22)20-9-23-8-12(20)14(21)17-7-13-18-19-15(24-13)10(2)3/h6,10,12H,5,7-9H2,1-4H3,(H,17,21)/b11-6-/t12-/m1/s1. The molecule has 6 nitrogen and oxygen atoms in total. The fourth-order valence-electron chi connectivity index (χ4n) is 2.33. The van der Waals surface area contributed by atoms with Gasteiger partial charge in [0, 0.05) is 17.2 Å². The Labute approximate surface area is 151 Å². The molecule has 2 rings (SSSR count). The molecule has 0 saturated carbocycles. The van der Waals surface area contributed by atoms with E-state index in [-0.39, 0.29) is 11.8 Å². The van der Waals surface area contributed by atoms with Crippen LogP contribution in [-0.2, 0) is 16.1 Å². The lowest BCUT2D eigenvalue weighted by atomic mass is 10.2. The molecular weight excluding hydrogens is 344 g/mol. The van der Waals surface area contributed by atoms with E-state index in [1.54, 1.807) is 23.6 Å². The number of hydrogen-bond acceptors (Lipinski definition) is 6. The van der Waals surface area contributed by atoms with E-state index < -0.39 is 6.04 Å². The summed E-state index contributed by atoms with van der Waals surface area (Å²) in [7, 11) is 0. The highest BCUT2D eigenvalue weighted by Crippen LogP contribution is 2.23. The lowest BCUT2D eigenvalue weighted by Gasteiger charge is -2.23. The highest BCUT2D eigenvalue weighted by Gasteiger charge is 2.34. The molecular formula is C16H24N4O2S2. The Balaban J connectivity index is 1.95. The molecule has 2 amide bonds. The Morgan fingerprint density at radius 3 is 2.79 bits per heavy atom. The fraction of sp³-hybridized carbons (Fsp3) is 0.625. The predicted molar refractivity (Wildman–Crippen MR) is 97.9 cm³/mol. The average molecular weight is 369 g/mol. The lowest BCUT2D eigenvalue weighted by Crippen LogP contribution is -2.47. The smallest absolute Gasteiger partial charge is 0.250 e. The third-order valence-corrected chi connectivity index (χ3v) is 5.92. The molecule has 0 radical (unpaired) electrons. The topological polar surface area (TPSA) is 75.2 Å². The number of rotatable bonds is 6. The first-order valence-corrected chi connectivity index (χ1v) is 10.1. The van der Waals surface area contributed by atoms with Gasteiger partial charge in [-0.3, -0.25) is 9.59 Å². The van der Waals surface area contributed by atoms with Gasteiger partial charge in [-0.25, -0.2) is 0 Å². The largest absolute Gasteiger partial charge is 0.348 e. The van der Waals surface area contributed by atoms with Gasteiger partial charge in [0.2, 0.25) is 5.91 Å². The number of hydrogen-bond donors (Lipinski definition) is 1. The zero-order valence-corrected chi connectivity index (χ0v) is 16.2. The van der Waals surface area contributed by atoms with E-state index in [9.17, 15) is 9.59 Å². The van der Waals surface area contributed by atoms with E-state index >= 15 is 0 Å². The van der Waals surface area contributed by atoms with E-state index in [0.29, 0.717) is 29.7 Å². The summed E-state index contributed by atoms with van der Waals surface area (Å²) in [6.07, 6.45) is 2.71. The number of aromatic nitrogens is 2. The Bertz CT molecular complexity index is 627. The third kappa shape index (κ3) is 4.57. The van der Waals surface area contributed by atoms with Gasteiger partial charge >= 0.3 is 0 Å². The van der Waals surface area contributed by atoms with E-state index in [1.807, 2.05) is 13.0 Å². The van der Waals surface area contributed by atoms with Gasteiger partial charge in [0.25, 0.3) is 5.91 Å². The molecule has 24 heavy (non-hydrogen) atoms. The van der Waals surface area contributed by atoms with Gasteiger partial charge in [-0.2, -0.15) is 0 Å². The average Bonchev–Trinajstić information content (AvgIpc) is 3.21. The number of carbonyl (C=O) groups excluding carboxylic acids is 2. The molecule has 1 aliphatic heterocycles. The maximum Gasteiger partial charge on any atom is 0.250 e. The molecule has 0 aromatic carbocycles. The van der Waals surface area contributed by atoms with Crippen LogP contribution in [-0.4, -0.2) is 44.6 Å². The molecule has 0 spiro atoms. The molecule has 0 bridgehead atoms. The quantitative estimate of drug-likeness (QED) is 0.781. The van der Waals surface area contributed by atoms with Gasteiger partial charge in [-0.15, -0.1) is 22.0 Å². The van der Waals surface area contributed by atoms with Crippen molar-refractivity contribution in [2.75, 3.05) is 11.6 Å². The normalized spacial score (nSPS) is 18.3. The highest BCUT2D eigenvalue weighted by atomic mass is 32.2. The molecule has 0 aliphatic carbocycles. The van der Waals surface area contributed by atoms with Crippen LogP contribution in [0.15, 0.2) is 11.6 Å². The lowest BCUT2D eigenvalue weighted by molar-refractivity contribution is -0.135. The Morgan fingerprint density at radius 2 is 2.17 bits per heavy atom. The van der Waals surface area contributed by atoms with Crippen LogP contribution < -0.4 is 5.32 Å². The summed E-state index contributed by atoms with van der Waals surface area (Å²) < 4.78 is 0. The molecule has 132 valence electrons. The van der Waals surface area contributed by atoms with Gasteiger partial charge in [0.1, 0.15) is 16.1 Å². The minimum Gasteiger partial charge on any atom is -0.348 e. The minimum absolute atomic E-state index is 0.0555. The summed E-state index contributed by atoms with van der Waals surface area (Å²) in [5.74, 6) is 1.34. The number of amides is 2.